The number of piperidine rings is 1. The largest absolute Gasteiger partial charge is 0.383 e. The Labute approximate surface area is 121 Å². The average molecular weight is 328 g/mol. The maximum absolute atomic E-state index is 12.1. The number of nitrogens with two attached hydrogens (primary N) is 1. The van der Waals surface area contributed by atoms with Crippen molar-refractivity contribution in [3.05, 3.63) is 28.5 Å². The Kier molecular flexibility index (Phi) is 4.90. The van der Waals surface area contributed by atoms with Crippen molar-refractivity contribution in [2.45, 2.75) is 24.9 Å². The third-order valence-electron chi connectivity index (χ3n) is 3.36. The van der Waals surface area contributed by atoms with Crippen LogP contribution in [0.3, 0.4) is 0 Å². The van der Waals surface area contributed by atoms with Gasteiger partial charge in [-0.3, -0.25) is 9.78 Å². The lowest BCUT2D eigenvalue weighted by atomic mass is 9.91. The summed E-state index contributed by atoms with van der Waals surface area (Å²) in [7, 11) is 1.63. The third-order valence-corrected chi connectivity index (χ3v) is 3.79. The fourth-order valence-corrected chi connectivity index (χ4v) is 2.83. The van der Waals surface area contributed by atoms with E-state index in [1.165, 1.54) is 0 Å². The van der Waals surface area contributed by atoms with Crippen LogP contribution in [0, 0.1) is 0 Å². The number of rotatable bonds is 4. The van der Waals surface area contributed by atoms with Gasteiger partial charge in [0.15, 0.2) is 0 Å². The van der Waals surface area contributed by atoms with Gasteiger partial charge in [0.05, 0.1) is 12.6 Å². The van der Waals surface area contributed by atoms with Gasteiger partial charge in [0.2, 0.25) is 5.91 Å². The van der Waals surface area contributed by atoms with E-state index in [0.29, 0.717) is 26.0 Å². The maximum Gasteiger partial charge on any atom is 0.223 e. The molecule has 1 saturated heterocycles. The second-order valence-electron chi connectivity index (χ2n) is 4.66. The molecular formula is C13H18BrN3O2. The Hall–Kier alpha value is -0.980. The van der Waals surface area contributed by atoms with Gasteiger partial charge in [-0.2, -0.15) is 0 Å². The molecule has 1 amide bonds. The van der Waals surface area contributed by atoms with E-state index in [2.05, 4.69) is 20.9 Å². The number of nitrogens with zero attached hydrogens (tertiary/aromatic N) is 2. The van der Waals surface area contributed by atoms with Crippen LogP contribution in [0.1, 0.15) is 24.4 Å². The molecule has 0 saturated carbocycles. The number of pyridine rings is 1. The summed E-state index contributed by atoms with van der Waals surface area (Å²) in [6.07, 6.45) is 4.70. The van der Waals surface area contributed by atoms with Gasteiger partial charge in [-0.05, 0) is 34.0 Å². The number of methoxy groups -OCH3 is 1. The molecule has 2 unspecified atom stereocenters. The number of hydrogen-bond donors (Lipinski definition) is 1. The molecule has 6 heteroatoms. The van der Waals surface area contributed by atoms with E-state index in [9.17, 15) is 4.79 Å². The van der Waals surface area contributed by atoms with Crippen LogP contribution in [0.2, 0.25) is 0 Å². The second kappa shape index (κ2) is 6.45. The molecule has 1 aromatic rings. The summed E-state index contributed by atoms with van der Waals surface area (Å²) in [5.74, 6) is 0.128. The van der Waals surface area contributed by atoms with Gasteiger partial charge in [-0.15, -0.1) is 0 Å². The van der Waals surface area contributed by atoms with Crippen LogP contribution in [-0.2, 0) is 9.53 Å². The first-order valence-electron chi connectivity index (χ1n) is 6.28. The lowest BCUT2D eigenvalue weighted by molar-refractivity contribution is -0.138. The minimum Gasteiger partial charge on any atom is -0.383 e. The van der Waals surface area contributed by atoms with Crippen LogP contribution in [0.25, 0.3) is 0 Å². The number of hydrogen-bond acceptors (Lipinski definition) is 4. The molecule has 2 rings (SSSR count). The fourth-order valence-electron chi connectivity index (χ4n) is 2.45. The van der Waals surface area contributed by atoms with Gasteiger partial charge in [0.25, 0.3) is 0 Å². The molecule has 1 aromatic heterocycles. The van der Waals surface area contributed by atoms with E-state index < -0.39 is 0 Å². The zero-order chi connectivity index (χ0) is 13.8. The Balaban J connectivity index is 2.28. The molecule has 1 aliphatic heterocycles. The lowest BCUT2D eigenvalue weighted by Gasteiger charge is -2.39. The highest BCUT2D eigenvalue weighted by Gasteiger charge is 2.34. The molecule has 0 aliphatic carbocycles. The van der Waals surface area contributed by atoms with E-state index in [1.807, 2.05) is 6.07 Å². The van der Waals surface area contributed by atoms with E-state index in [-0.39, 0.29) is 18.0 Å². The summed E-state index contributed by atoms with van der Waals surface area (Å²) < 4.78 is 5.97. The Bertz CT molecular complexity index is 455. The first-order chi connectivity index (χ1) is 9.13. The molecule has 2 N–H and O–H groups in total. The Morgan fingerprint density at radius 2 is 2.37 bits per heavy atom. The molecule has 5 nitrogen and oxygen atoms in total. The number of amides is 1. The Morgan fingerprint density at radius 1 is 1.58 bits per heavy atom. The van der Waals surface area contributed by atoms with Gasteiger partial charge in [0, 0.05) is 43.0 Å². The number of halogens is 1. The highest BCUT2D eigenvalue weighted by atomic mass is 79.9. The summed E-state index contributed by atoms with van der Waals surface area (Å²) in [5, 5.41) is 0. The molecule has 0 radical (unpaired) electrons. The van der Waals surface area contributed by atoms with Crippen molar-refractivity contribution in [2.75, 3.05) is 20.3 Å². The highest BCUT2D eigenvalue weighted by molar-refractivity contribution is 9.10. The first kappa shape index (κ1) is 14.4. The van der Waals surface area contributed by atoms with Crippen LogP contribution in [0.5, 0.6) is 0 Å². The molecule has 1 aliphatic rings. The van der Waals surface area contributed by atoms with Gasteiger partial charge < -0.3 is 15.4 Å². The third kappa shape index (κ3) is 3.32. The zero-order valence-electron chi connectivity index (χ0n) is 10.9. The van der Waals surface area contributed by atoms with Gasteiger partial charge >= 0.3 is 0 Å². The number of aromatic nitrogens is 1. The maximum atomic E-state index is 12.1. The van der Waals surface area contributed by atoms with Crippen molar-refractivity contribution < 1.29 is 9.53 Å². The predicted molar refractivity (Wildman–Crippen MR) is 75.5 cm³/mol. The predicted octanol–water partition coefficient (Wildman–Crippen LogP) is 1.48. The molecule has 1 fully saturated rings. The first-order valence-corrected chi connectivity index (χ1v) is 7.07. The SMILES string of the molecule is COCCN1C(=O)CCC(N)C1c1cncc(Br)c1. The number of carbonyl (C=O) groups is 1. The summed E-state index contributed by atoms with van der Waals surface area (Å²) in [6.45, 7) is 1.07. The molecule has 0 spiro atoms. The highest BCUT2D eigenvalue weighted by Crippen LogP contribution is 2.31. The summed E-state index contributed by atoms with van der Waals surface area (Å²) >= 11 is 3.40. The number of ether oxygens (including phenoxy) is 1. The average Bonchev–Trinajstić information content (AvgIpc) is 2.39. The summed E-state index contributed by atoms with van der Waals surface area (Å²) in [5.41, 5.74) is 7.17. The standard InChI is InChI=1S/C13H18BrN3O2/c1-19-5-4-17-12(18)3-2-11(15)13(17)9-6-10(14)8-16-7-9/h6-8,11,13H,2-5,15H2,1H3. The second-order valence-corrected chi connectivity index (χ2v) is 5.58. The van der Waals surface area contributed by atoms with Crippen molar-refractivity contribution in [3.8, 4) is 0 Å². The summed E-state index contributed by atoms with van der Waals surface area (Å²) in [4.78, 5) is 18.1. The van der Waals surface area contributed by atoms with Crippen LogP contribution in [0.15, 0.2) is 22.9 Å². The van der Waals surface area contributed by atoms with E-state index in [4.69, 9.17) is 10.5 Å². The topological polar surface area (TPSA) is 68.5 Å². The van der Waals surface area contributed by atoms with Crippen LogP contribution >= 0.6 is 15.9 Å². The van der Waals surface area contributed by atoms with Crippen LogP contribution in [-0.4, -0.2) is 42.1 Å². The van der Waals surface area contributed by atoms with Crippen molar-refractivity contribution in [2.24, 2.45) is 5.73 Å². The Morgan fingerprint density at radius 3 is 3.05 bits per heavy atom. The van der Waals surface area contributed by atoms with E-state index >= 15 is 0 Å². The van der Waals surface area contributed by atoms with Crippen LogP contribution < -0.4 is 5.73 Å². The smallest absolute Gasteiger partial charge is 0.223 e. The van der Waals surface area contributed by atoms with Gasteiger partial charge in [-0.1, -0.05) is 0 Å². The molecule has 0 bridgehead atoms. The molecular weight excluding hydrogens is 310 g/mol. The zero-order valence-corrected chi connectivity index (χ0v) is 12.5. The molecule has 0 aromatic carbocycles. The lowest BCUT2D eigenvalue weighted by Crippen LogP contribution is -2.49. The van der Waals surface area contributed by atoms with Gasteiger partial charge in [0.1, 0.15) is 0 Å². The molecule has 104 valence electrons. The normalized spacial score (nSPS) is 23.7. The van der Waals surface area contributed by atoms with Crippen molar-refractivity contribution in [1.82, 2.24) is 9.88 Å². The van der Waals surface area contributed by atoms with E-state index in [1.54, 1.807) is 24.4 Å². The molecule has 2 heterocycles. The fraction of sp³-hybridized carbons (Fsp3) is 0.538. The van der Waals surface area contributed by atoms with Crippen LogP contribution in [0.4, 0.5) is 0 Å². The quantitative estimate of drug-likeness (QED) is 0.909. The minimum absolute atomic E-state index is 0.0642. The number of carbonyl (C=O) groups excluding carboxylic acids is 1. The molecule has 19 heavy (non-hydrogen) atoms. The van der Waals surface area contributed by atoms with Crippen molar-refractivity contribution in [3.63, 3.8) is 0 Å². The van der Waals surface area contributed by atoms with Gasteiger partial charge in [-0.25, -0.2) is 0 Å². The van der Waals surface area contributed by atoms with E-state index in [0.717, 1.165) is 10.0 Å². The summed E-state index contributed by atoms with van der Waals surface area (Å²) in [6, 6.07) is 1.78. The molecule has 2 atom stereocenters. The number of likely N-dealkylation sites (tertiary alicyclic amines) is 1. The van der Waals surface area contributed by atoms with Crippen molar-refractivity contribution >= 4 is 21.8 Å². The minimum atomic E-state index is -0.124. The monoisotopic (exact) mass is 327 g/mol. The van der Waals surface area contributed by atoms with Crippen molar-refractivity contribution in [1.29, 1.82) is 0 Å².